The summed E-state index contributed by atoms with van der Waals surface area (Å²) >= 11 is 6.29. The van der Waals surface area contributed by atoms with Crippen molar-refractivity contribution in [2.24, 2.45) is 0 Å². The molecule has 0 radical (unpaired) electrons. The Morgan fingerprint density at radius 3 is 2.67 bits per heavy atom. The number of ketones is 1. The molecule has 1 heterocycles. The lowest BCUT2D eigenvalue weighted by Crippen LogP contribution is -2.09. The molecule has 2 aromatic rings. The van der Waals surface area contributed by atoms with Gasteiger partial charge in [-0.15, -0.1) is 0 Å². The number of hydrogen-bond donors (Lipinski definition) is 1. The lowest BCUT2D eigenvalue weighted by atomic mass is 10.1. The third-order valence-corrected chi connectivity index (χ3v) is 3.97. The number of rotatable bonds is 6. The summed E-state index contributed by atoms with van der Waals surface area (Å²) in [4.78, 5) is 27.8. The molecule has 6 heteroatoms. The number of benzene rings is 1. The summed E-state index contributed by atoms with van der Waals surface area (Å²) in [7, 11) is 0. The van der Waals surface area contributed by atoms with Crippen LogP contribution in [0.2, 0.25) is 5.02 Å². The number of carbonyl (C=O) groups excluding carboxylic acids is 2. The van der Waals surface area contributed by atoms with Gasteiger partial charge in [-0.25, -0.2) is 4.98 Å². The monoisotopic (exact) mass is 347 g/mol. The Kier molecular flexibility index (Phi) is 5.93. The topological polar surface area (TPSA) is 76.5 Å². The van der Waals surface area contributed by atoms with E-state index in [1.165, 1.54) is 6.07 Å². The number of Topliss-reactive ketones (excluding diaryl/α,β-unsaturated/α-hetero) is 1. The molecule has 0 saturated carbocycles. The summed E-state index contributed by atoms with van der Waals surface area (Å²) in [6.45, 7) is 3.83. The van der Waals surface area contributed by atoms with E-state index in [0.717, 1.165) is 5.56 Å². The van der Waals surface area contributed by atoms with E-state index in [4.69, 9.17) is 16.3 Å². The Morgan fingerprint density at radius 1 is 1.21 bits per heavy atom. The van der Waals surface area contributed by atoms with Gasteiger partial charge in [0.25, 0.3) is 0 Å². The van der Waals surface area contributed by atoms with Gasteiger partial charge in [0.2, 0.25) is 0 Å². The van der Waals surface area contributed by atoms with Crippen molar-refractivity contribution in [3.8, 4) is 17.0 Å². The molecule has 0 bridgehead atoms. The maximum absolute atomic E-state index is 12.2. The van der Waals surface area contributed by atoms with Crippen LogP contribution in [0.15, 0.2) is 30.3 Å². The fourth-order valence-corrected chi connectivity index (χ4v) is 2.44. The second kappa shape index (κ2) is 7.93. The van der Waals surface area contributed by atoms with Crippen molar-refractivity contribution < 1.29 is 19.4 Å². The predicted molar refractivity (Wildman–Crippen MR) is 91.3 cm³/mol. The van der Waals surface area contributed by atoms with E-state index in [9.17, 15) is 14.7 Å². The zero-order chi connectivity index (χ0) is 17.7. The van der Waals surface area contributed by atoms with E-state index in [2.05, 4.69) is 4.98 Å². The minimum absolute atomic E-state index is 0.0524. The molecule has 126 valence electrons. The molecule has 0 aliphatic rings. The van der Waals surface area contributed by atoms with Crippen molar-refractivity contribution in [2.45, 2.75) is 26.7 Å². The van der Waals surface area contributed by atoms with Crippen LogP contribution in [0, 0.1) is 6.92 Å². The average Bonchev–Trinajstić information content (AvgIpc) is 2.56. The van der Waals surface area contributed by atoms with Crippen molar-refractivity contribution in [1.82, 2.24) is 4.98 Å². The average molecular weight is 348 g/mol. The van der Waals surface area contributed by atoms with Crippen LogP contribution in [0.4, 0.5) is 0 Å². The standard InChI is InChI=1S/C18H18ClNO4/c1-3-24-16(23)10-9-15(22)18-14(21)8-7-13(20-18)12-6-4-5-11(2)17(12)19/h4-8,21H,3,9-10H2,1-2H3. The molecule has 1 N–H and O–H groups in total. The third kappa shape index (κ3) is 4.11. The van der Waals surface area contributed by atoms with Crippen LogP contribution in [0.25, 0.3) is 11.3 Å². The Hall–Kier alpha value is -2.40. The summed E-state index contributed by atoms with van der Waals surface area (Å²) in [5.74, 6) is -1.11. The first-order valence-electron chi connectivity index (χ1n) is 7.58. The first-order chi connectivity index (χ1) is 11.4. The molecule has 0 aliphatic carbocycles. The van der Waals surface area contributed by atoms with Crippen LogP contribution in [-0.4, -0.2) is 28.4 Å². The largest absolute Gasteiger partial charge is 0.506 e. The number of aromatic nitrogens is 1. The Labute approximate surface area is 145 Å². The van der Waals surface area contributed by atoms with Gasteiger partial charge in [0.05, 0.1) is 23.7 Å². The molecule has 0 amide bonds. The molecule has 0 unspecified atom stereocenters. The number of nitrogens with zero attached hydrogens (tertiary/aromatic N) is 1. The molecule has 0 aliphatic heterocycles. The third-order valence-electron chi connectivity index (χ3n) is 3.47. The van der Waals surface area contributed by atoms with E-state index in [1.807, 2.05) is 19.1 Å². The number of halogens is 1. The summed E-state index contributed by atoms with van der Waals surface area (Å²) in [5, 5.41) is 10.5. The van der Waals surface area contributed by atoms with Crippen LogP contribution >= 0.6 is 11.6 Å². The van der Waals surface area contributed by atoms with Crippen molar-refractivity contribution in [1.29, 1.82) is 0 Å². The molecule has 0 fully saturated rings. The quantitative estimate of drug-likeness (QED) is 0.632. The van der Waals surface area contributed by atoms with Crippen LogP contribution in [0.3, 0.4) is 0 Å². The maximum Gasteiger partial charge on any atom is 0.306 e. The van der Waals surface area contributed by atoms with Gasteiger partial charge in [-0.1, -0.05) is 29.8 Å². The van der Waals surface area contributed by atoms with Gasteiger partial charge in [0, 0.05) is 12.0 Å². The molecule has 2 rings (SSSR count). The van der Waals surface area contributed by atoms with Gasteiger partial charge in [0.1, 0.15) is 11.4 Å². The summed E-state index contributed by atoms with van der Waals surface area (Å²) < 4.78 is 4.79. The molecule has 0 atom stereocenters. The zero-order valence-electron chi connectivity index (χ0n) is 13.5. The Bertz CT molecular complexity index is 774. The number of ether oxygens (including phenoxy) is 1. The fourth-order valence-electron chi connectivity index (χ4n) is 2.22. The molecular weight excluding hydrogens is 330 g/mol. The van der Waals surface area contributed by atoms with Crippen molar-refractivity contribution in [3.05, 3.63) is 46.6 Å². The van der Waals surface area contributed by atoms with E-state index < -0.39 is 11.8 Å². The number of aromatic hydroxyl groups is 1. The van der Waals surface area contributed by atoms with Gasteiger partial charge in [0.15, 0.2) is 5.78 Å². The summed E-state index contributed by atoms with van der Waals surface area (Å²) in [6, 6.07) is 8.50. The highest BCUT2D eigenvalue weighted by atomic mass is 35.5. The van der Waals surface area contributed by atoms with Gasteiger partial charge in [-0.05, 0) is 31.5 Å². The van der Waals surface area contributed by atoms with Crippen LogP contribution in [-0.2, 0) is 9.53 Å². The van der Waals surface area contributed by atoms with E-state index in [0.29, 0.717) is 16.3 Å². The maximum atomic E-state index is 12.2. The van der Waals surface area contributed by atoms with Gasteiger partial charge >= 0.3 is 5.97 Å². The van der Waals surface area contributed by atoms with Crippen molar-refractivity contribution in [3.63, 3.8) is 0 Å². The molecule has 5 nitrogen and oxygen atoms in total. The minimum Gasteiger partial charge on any atom is -0.506 e. The molecule has 0 spiro atoms. The molecule has 1 aromatic heterocycles. The lowest BCUT2D eigenvalue weighted by molar-refractivity contribution is -0.143. The smallest absolute Gasteiger partial charge is 0.306 e. The highest BCUT2D eigenvalue weighted by Gasteiger charge is 2.17. The zero-order valence-corrected chi connectivity index (χ0v) is 14.3. The second-order valence-corrected chi connectivity index (χ2v) is 5.61. The van der Waals surface area contributed by atoms with E-state index in [-0.39, 0.29) is 30.9 Å². The highest BCUT2D eigenvalue weighted by molar-refractivity contribution is 6.34. The predicted octanol–water partition coefficient (Wildman–Crippen LogP) is 3.94. The van der Waals surface area contributed by atoms with Crippen LogP contribution < -0.4 is 0 Å². The van der Waals surface area contributed by atoms with Gasteiger partial charge in [-0.2, -0.15) is 0 Å². The fraction of sp³-hybridized carbons (Fsp3) is 0.278. The highest BCUT2D eigenvalue weighted by Crippen LogP contribution is 2.31. The lowest BCUT2D eigenvalue weighted by Gasteiger charge is -2.09. The Morgan fingerprint density at radius 2 is 1.96 bits per heavy atom. The summed E-state index contributed by atoms with van der Waals surface area (Å²) in [5.41, 5.74) is 1.98. The SMILES string of the molecule is CCOC(=O)CCC(=O)c1nc(-c2cccc(C)c2Cl)ccc1O. The van der Waals surface area contributed by atoms with Gasteiger partial charge < -0.3 is 9.84 Å². The van der Waals surface area contributed by atoms with E-state index in [1.54, 1.807) is 19.1 Å². The normalized spacial score (nSPS) is 10.5. The Balaban J connectivity index is 2.27. The minimum atomic E-state index is -0.455. The van der Waals surface area contributed by atoms with E-state index >= 15 is 0 Å². The first kappa shape index (κ1) is 17.9. The molecular formula is C18H18ClNO4. The summed E-state index contributed by atoms with van der Waals surface area (Å²) in [6.07, 6.45) is -0.131. The number of aryl methyl sites for hydroxylation is 1. The van der Waals surface area contributed by atoms with Gasteiger partial charge in [-0.3, -0.25) is 9.59 Å². The van der Waals surface area contributed by atoms with Crippen LogP contribution in [0.1, 0.15) is 35.8 Å². The first-order valence-corrected chi connectivity index (χ1v) is 7.96. The van der Waals surface area contributed by atoms with Crippen molar-refractivity contribution in [2.75, 3.05) is 6.61 Å². The number of esters is 1. The number of hydrogen-bond acceptors (Lipinski definition) is 5. The number of carbonyl (C=O) groups is 2. The second-order valence-electron chi connectivity index (χ2n) is 5.23. The molecule has 24 heavy (non-hydrogen) atoms. The molecule has 0 saturated heterocycles. The number of pyridine rings is 1. The molecule has 1 aromatic carbocycles. The van der Waals surface area contributed by atoms with Crippen molar-refractivity contribution >= 4 is 23.4 Å². The van der Waals surface area contributed by atoms with Crippen LogP contribution in [0.5, 0.6) is 5.75 Å².